The first-order valence-electron chi connectivity index (χ1n) is 3.01. The molecule has 0 fully saturated rings. The molecule has 0 amide bonds. The molecule has 1 aromatic rings. The molecule has 57 valence electrons. The molecule has 1 heterocycles. The van der Waals surface area contributed by atoms with E-state index in [1.807, 2.05) is 0 Å². The van der Waals surface area contributed by atoms with Crippen LogP contribution in [0, 0.1) is 0 Å². The zero-order chi connectivity index (χ0) is 8.27. The number of hydrogen-bond acceptors (Lipinski definition) is 2. The highest BCUT2D eigenvalue weighted by Crippen LogP contribution is 1.98. The van der Waals surface area contributed by atoms with E-state index >= 15 is 0 Å². The SMILES string of the molecule is [O]Cc1cccc(C(=O)O)n1. The molecule has 1 rings (SSSR count). The third kappa shape index (κ3) is 1.75. The molecule has 0 aromatic carbocycles. The molecule has 0 bridgehead atoms. The van der Waals surface area contributed by atoms with Crippen molar-refractivity contribution in [2.75, 3.05) is 0 Å². The van der Waals surface area contributed by atoms with Crippen molar-refractivity contribution in [1.29, 1.82) is 0 Å². The summed E-state index contributed by atoms with van der Waals surface area (Å²) in [6, 6.07) is 4.35. The largest absolute Gasteiger partial charge is 0.477 e. The number of hydrogen-bond donors (Lipinski definition) is 1. The lowest BCUT2D eigenvalue weighted by Crippen LogP contribution is -2.01. The van der Waals surface area contributed by atoms with Gasteiger partial charge in [-0.15, -0.1) is 0 Å². The fourth-order valence-corrected chi connectivity index (χ4v) is 0.679. The molecule has 1 aromatic heterocycles. The Morgan fingerprint density at radius 3 is 2.82 bits per heavy atom. The second kappa shape index (κ2) is 3.12. The second-order valence-electron chi connectivity index (χ2n) is 1.96. The molecular formula is C7H6NO3. The summed E-state index contributed by atoms with van der Waals surface area (Å²) in [5, 5.41) is 18.7. The Morgan fingerprint density at radius 1 is 1.55 bits per heavy atom. The summed E-state index contributed by atoms with van der Waals surface area (Å²) in [5.41, 5.74) is 0.170. The van der Waals surface area contributed by atoms with E-state index in [1.54, 1.807) is 0 Å². The molecule has 0 atom stereocenters. The van der Waals surface area contributed by atoms with E-state index in [9.17, 15) is 9.90 Å². The summed E-state index contributed by atoms with van der Waals surface area (Å²) < 4.78 is 0. The zero-order valence-electron chi connectivity index (χ0n) is 5.65. The predicted octanol–water partition coefficient (Wildman–Crippen LogP) is 0.710. The van der Waals surface area contributed by atoms with Crippen LogP contribution in [0.5, 0.6) is 0 Å². The van der Waals surface area contributed by atoms with Gasteiger partial charge in [0.05, 0.1) is 5.69 Å². The quantitative estimate of drug-likeness (QED) is 0.678. The van der Waals surface area contributed by atoms with Gasteiger partial charge in [-0.25, -0.2) is 14.9 Å². The van der Waals surface area contributed by atoms with Crippen LogP contribution in [0.1, 0.15) is 16.2 Å². The van der Waals surface area contributed by atoms with Crippen LogP contribution >= 0.6 is 0 Å². The van der Waals surface area contributed by atoms with Gasteiger partial charge in [-0.05, 0) is 12.1 Å². The summed E-state index contributed by atoms with van der Waals surface area (Å²) in [5.74, 6) is -1.11. The van der Waals surface area contributed by atoms with Gasteiger partial charge in [0.15, 0.2) is 0 Å². The minimum Gasteiger partial charge on any atom is -0.477 e. The molecule has 0 saturated heterocycles. The van der Waals surface area contributed by atoms with E-state index < -0.39 is 12.6 Å². The van der Waals surface area contributed by atoms with Crippen molar-refractivity contribution in [3.63, 3.8) is 0 Å². The monoisotopic (exact) mass is 152 g/mol. The molecule has 0 unspecified atom stereocenters. The topological polar surface area (TPSA) is 70.1 Å². The minimum atomic E-state index is -1.11. The van der Waals surface area contributed by atoms with Gasteiger partial charge < -0.3 is 5.11 Å². The van der Waals surface area contributed by atoms with E-state index in [1.165, 1.54) is 18.2 Å². The average molecular weight is 152 g/mol. The number of pyridine rings is 1. The predicted molar refractivity (Wildman–Crippen MR) is 35.6 cm³/mol. The Bertz CT molecular complexity index is 272. The Labute approximate surface area is 63.1 Å². The van der Waals surface area contributed by atoms with Crippen LogP contribution in [-0.2, 0) is 11.7 Å². The van der Waals surface area contributed by atoms with Crippen molar-refractivity contribution >= 4 is 5.97 Å². The highest BCUT2D eigenvalue weighted by molar-refractivity contribution is 5.85. The minimum absolute atomic E-state index is 0.0849. The van der Waals surface area contributed by atoms with Crippen molar-refractivity contribution in [3.05, 3.63) is 29.6 Å². The number of rotatable bonds is 2. The number of nitrogens with zero attached hydrogens (tertiary/aromatic N) is 1. The molecule has 1 radical (unpaired) electrons. The van der Waals surface area contributed by atoms with Crippen molar-refractivity contribution in [1.82, 2.24) is 4.98 Å². The van der Waals surface area contributed by atoms with Crippen LogP contribution in [0.25, 0.3) is 0 Å². The summed E-state index contributed by atoms with van der Waals surface area (Å²) >= 11 is 0. The van der Waals surface area contributed by atoms with Gasteiger partial charge >= 0.3 is 5.97 Å². The lowest BCUT2D eigenvalue weighted by Gasteiger charge is -1.94. The molecule has 4 nitrogen and oxygen atoms in total. The first kappa shape index (κ1) is 7.68. The van der Waals surface area contributed by atoms with Crippen LogP contribution in [0.4, 0.5) is 0 Å². The van der Waals surface area contributed by atoms with Crippen LogP contribution in [-0.4, -0.2) is 16.1 Å². The Hall–Kier alpha value is -1.42. The van der Waals surface area contributed by atoms with Crippen LogP contribution < -0.4 is 0 Å². The fourth-order valence-electron chi connectivity index (χ4n) is 0.679. The van der Waals surface area contributed by atoms with Gasteiger partial charge in [-0.3, -0.25) is 0 Å². The number of aromatic nitrogens is 1. The van der Waals surface area contributed by atoms with Crippen LogP contribution in [0.15, 0.2) is 18.2 Å². The first-order valence-corrected chi connectivity index (χ1v) is 3.01. The van der Waals surface area contributed by atoms with E-state index in [-0.39, 0.29) is 11.4 Å². The Balaban J connectivity index is 3.01. The molecule has 0 spiro atoms. The van der Waals surface area contributed by atoms with Gasteiger partial charge in [-0.1, -0.05) is 6.07 Å². The molecule has 1 N–H and O–H groups in total. The highest BCUT2D eigenvalue weighted by Gasteiger charge is 2.03. The van der Waals surface area contributed by atoms with Crippen LogP contribution in [0.3, 0.4) is 0 Å². The van der Waals surface area contributed by atoms with Crippen LogP contribution in [0.2, 0.25) is 0 Å². The van der Waals surface area contributed by atoms with Crippen molar-refractivity contribution < 1.29 is 15.0 Å². The summed E-state index contributed by atoms with van der Waals surface area (Å²) in [4.78, 5) is 13.9. The lowest BCUT2D eigenvalue weighted by molar-refractivity contribution is 0.0689. The summed E-state index contributed by atoms with van der Waals surface area (Å²) in [7, 11) is 0. The van der Waals surface area contributed by atoms with Gasteiger partial charge in [-0.2, -0.15) is 0 Å². The van der Waals surface area contributed by atoms with Gasteiger partial charge in [0.1, 0.15) is 12.3 Å². The van der Waals surface area contributed by atoms with Gasteiger partial charge in [0.25, 0.3) is 0 Å². The summed E-state index contributed by atoms with van der Waals surface area (Å²) in [6.45, 7) is -0.485. The van der Waals surface area contributed by atoms with Crippen molar-refractivity contribution in [2.24, 2.45) is 0 Å². The number of carboxylic acids is 1. The van der Waals surface area contributed by atoms with Crippen molar-refractivity contribution in [3.8, 4) is 0 Å². The maximum Gasteiger partial charge on any atom is 0.354 e. The highest BCUT2D eigenvalue weighted by atomic mass is 16.4. The Kier molecular flexibility index (Phi) is 2.18. The molecule has 0 aliphatic rings. The number of carbonyl (C=O) groups is 1. The van der Waals surface area contributed by atoms with E-state index in [2.05, 4.69) is 4.98 Å². The first-order chi connectivity index (χ1) is 5.24. The summed E-state index contributed by atoms with van der Waals surface area (Å²) in [6.07, 6.45) is 0. The number of carboxylic acid groups (broad SMARTS) is 1. The molecule has 4 heteroatoms. The normalized spacial score (nSPS) is 9.55. The molecule has 0 aliphatic heterocycles. The Morgan fingerprint density at radius 2 is 2.27 bits per heavy atom. The zero-order valence-corrected chi connectivity index (χ0v) is 5.65. The lowest BCUT2D eigenvalue weighted by atomic mass is 10.3. The molecule has 0 aliphatic carbocycles. The molecule has 11 heavy (non-hydrogen) atoms. The third-order valence-corrected chi connectivity index (χ3v) is 1.17. The third-order valence-electron chi connectivity index (χ3n) is 1.17. The average Bonchev–Trinajstić information content (AvgIpc) is 2.05. The fraction of sp³-hybridized carbons (Fsp3) is 0.143. The van der Waals surface area contributed by atoms with Gasteiger partial charge in [0.2, 0.25) is 0 Å². The second-order valence-corrected chi connectivity index (χ2v) is 1.96. The van der Waals surface area contributed by atoms with E-state index in [4.69, 9.17) is 5.11 Å². The van der Waals surface area contributed by atoms with Gasteiger partial charge in [0, 0.05) is 0 Å². The number of aromatic carboxylic acids is 1. The maximum atomic E-state index is 10.3. The maximum absolute atomic E-state index is 10.3. The molecule has 0 saturated carbocycles. The van der Waals surface area contributed by atoms with E-state index in [0.29, 0.717) is 0 Å². The smallest absolute Gasteiger partial charge is 0.354 e. The standard InChI is InChI=1S/C7H6NO3/c9-4-5-2-1-3-6(8-5)7(10)11/h1-3H,4H2,(H,10,11). The van der Waals surface area contributed by atoms with E-state index in [0.717, 1.165) is 0 Å². The molecular weight excluding hydrogens is 146 g/mol. The van der Waals surface area contributed by atoms with Crippen molar-refractivity contribution in [2.45, 2.75) is 6.61 Å².